The molecule has 3 rings (SSSR count). The summed E-state index contributed by atoms with van der Waals surface area (Å²) in [4.78, 5) is 28.0. The van der Waals surface area contributed by atoms with Crippen LogP contribution in [0.4, 0.5) is 0 Å². The third-order valence-corrected chi connectivity index (χ3v) is 3.33. The predicted molar refractivity (Wildman–Crippen MR) is 80.9 cm³/mol. The molecular formula is C16H14N2O4. The van der Waals surface area contributed by atoms with Crippen LogP contribution in [-0.2, 0) is 4.74 Å². The molecule has 1 N–H and O–H groups in total. The van der Waals surface area contributed by atoms with E-state index in [1.807, 2.05) is 0 Å². The van der Waals surface area contributed by atoms with Crippen LogP contribution >= 0.6 is 0 Å². The second-order valence-corrected chi connectivity index (χ2v) is 4.65. The first-order valence-corrected chi connectivity index (χ1v) is 6.86. The summed E-state index contributed by atoms with van der Waals surface area (Å²) < 4.78 is 10.7. The van der Waals surface area contributed by atoms with Crippen LogP contribution in [0, 0.1) is 0 Å². The number of benzene rings is 1. The van der Waals surface area contributed by atoms with Gasteiger partial charge in [0.25, 0.3) is 5.91 Å². The van der Waals surface area contributed by atoms with E-state index in [0.29, 0.717) is 34.1 Å². The molecule has 0 saturated carbocycles. The summed E-state index contributed by atoms with van der Waals surface area (Å²) in [5, 5.41) is 3.80. The lowest BCUT2D eigenvalue weighted by molar-refractivity contribution is 0.0526. The smallest absolute Gasteiger partial charge is 0.338 e. The zero-order valence-corrected chi connectivity index (χ0v) is 12.2. The number of hydrogen-bond donors (Lipinski definition) is 1. The monoisotopic (exact) mass is 298 g/mol. The zero-order chi connectivity index (χ0) is 15.7. The summed E-state index contributed by atoms with van der Waals surface area (Å²) in [5.74, 6) is -0.723. The molecule has 0 radical (unpaired) electrons. The van der Waals surface area contributed by atoms with E-state index in [2.05, 4.69) is 10.3 Å². The molecule has 0 saturated heterocycles. The average Bonchev–Trinajstić information content (AvgIpc) is 2.92. The van der Waals surface area contributed by atoms with Crippen LogP contribution in [0.15, 0.2) is 34.9 Å². The predicted octanol–water partition coefficient (Wildman–Crippen LogP) is 2.52. The number of carbonyl (C=O) groups is 2. The highest BCUT2D eigenvalue weighted by Crippen LogP contribution is 2.31. The second-order valence-electron chi connectivity index (χ2n) is 4.65. The van der Waals surface area contributed by atoms with E-state index in [9.17, 15) is 9.59 Å². The fourth-order valence-electron chi connectivity index (χ4n) is 2.35. The van der Waals surface area contributed by atoms with Gasteiger partial charge in [0, 0.05) is 18.6 Å². The molecule has 0 aliphatic rings. The summed E-state index contributed by atoms with van der Waals surface area (Å²) >= 11 is 0. The number of ether oxygens (including phenoxy) is 1. The summed E-state index contributed by atoms with van der Waals surface area (Å²) in [6, 6.07) is 6.67. The molecule has 3 aromatic rings. The van der Waals surface area contributed by atoms with Crippen LogP contribution in [0.25, 0.3) is 21.9 Å². The van der Waals surface area contributed by atoms with E-state index >= 15 is 0 Å². The minimum atomic E-state index is -0.413. The molecule has 2 heterocycles. The van der Waals surface area contributed by atoms with Crippen LogP contribution in [0.5, 0.6) is 0 Å². The van der Waals surface area contributed by atoms with E-state index in [1.165, 1.54) is 13.2 Å². The largest absolute Gasteiger partial charge is 0.462 e. The molecule has 0 aliphatic carbocycles. The van der Waals surface area contributed by atoms with Crippen molar-refractivity contribution in [3.05, 3.63) is 41.7 Å². The van der Waals surface area contributed by atoms with Gasteiger partial charge in [-0.05, 0) is 31.2 Å². The number of fused-ring (bicyclic) bond motifs is 3. The topological polar surface area (TPSA) is 81.4 Å². The van der Waals surface area contributed by atoms with Gasteiger partial charge in [-0.25, -0.2) is 4.79 Å². The Morgan fingerprint density at radius 3 is 2.82 bits per heavy atom. The molecule has 0 bridgehead atoms. The second kappa shape index (κ2) is 5.48. The maximum absolute atomic E-state index is 12.0. The Balaban J connectivity index is 2.28. The molecule has 1 aromatic carbocycles. The standard InChI is InChI=1S/C16H14N2O4/c1-3-21-16(20)9-4-5-11-10(8-9)13-12(22-11)6-7-18-14(13)15(19)17-2/h4-8H,3H2,1-2H3,(H,17,19). The van der Waals surface area contributed by atoms with Gasteiger partial charge >= 0.3 is 5.97 Å². The van der Waals surface area contributed by atoms with Crippen molar-refractivity contribution < 1.29 is 18.7 Å². The van der Waals surface area contributed by atoms with Crippen molar-refractivity contribution in [1.29, 1.82) is 0 Å². The zero-order valence-electron chi connectivity index (χ0n) is 12.2. The van der Waals surface area contributed by atoms with Gasteiger partial charge in [-0.1, -0.05) is 0 Å². The normalized spacial score (nSPS) is 10.8. The van der Waals surface area contributed by atoms with Crippen molar-refractivity contribution in [2.45, 2.75) is 6.92 Å². The van der Waals surface area contributed by atoms with Crippen molar-refractivity contribution in [2.75, 3.05) is 13.7 Å². The van der Waals surface area contributed by atoms with Crippen molar-refractivity contribution in [1.82, 2.24) is 10.3 Å². The Labute approximate surface area is 126 Å². The SMILES string of the molecule is CCOC(=O)c1ccc2oc3ccnc(C(=O)NC)c3c2c1. The molecule has 0 unspecified atom stereocenters. The van der Waals surface area contributed by atoms with E-state index in [4.69, 9.17) is 9.15 Å². The first-order chi connectivity index (χ1) is 10.7. The Bertz CT molecular complexity index is 882. The molecule has 0 spiro atoms. The minimum Gasteiger partial charge on any atom is -0.462 e. The quantitative estimate of drug-likeness (QED) is 0.751. The van der Waals surface area contributed by atoms with Crippen molar-refractivity contribution in [3.8, 4) is 0 Å². The summed E-state index contributed by atoms with van der Waals surface area (Å²) in [6.07, 6.45) is 1.52. The van der Waals surface area contributed by atoms with Gasteiger partial charge in [-0.2, -0.15) is 0 Å². The van der Waals surface area contributed by atoms with Gasteiger partial charge in [0.2, 0.25) is 0 Å². The molecule has 6 nitrogen and oxygen atoms in total. The van der Waals surface area contributed by atoms with Crippen molar-refractivity contribution in [2.24, 2.45) is 0 Å². The highest BCUT2D eigenvalue weighted by molar-refractivity contribution is 6.16. The molecule has 2 aromatic heterocycles. The Kier molecular flexibility index (Phi) is 3.50. The molecule has 0 fully saturated rings. The number of nitrogens with zero attached hydrogens (tertiary/aromatic N) is 1. The highest BCUT2D eigenvalue weighted by atomic mass is 16.5. The molecule has 22 heavy (non-hydrogen) atoms. The van der Waals surface area contributed by atoms with Crippen LogP contribution in [-0.4, -0.2) is 30.5 Å². The van der Waals surface area contributed by atoms with Gasteiger partial charge in [0.1, 0.15) is 16.9 Å². The van der Waals surface area contributed by atoms with E-state index in [-0.39, 0.29) is 11.6 Å². The fourth-order valence-corrected chi connectivity index (χ4v) is 2.35. The van der Waals surface area contributed by atoms with E-state index in [1.54, 1.807) is 31.2 Å². The maximum atomic E-state index is 12.0. The lowest BCUT2D eigenvalue weighted by atomic mass is 10.1. The average molecular weight is 298 g/mol. The van der Waals surface area contributed by atoms with Gasteiger partial charge in [0.15, 0.2) is 0 Å². The first kappa shape index (κ1) is 14.1. The Hall–Kier alpha value is -2.89. The molecule has 112 valence electrons. The first-order valence-electron chi connectivity index (χ1n) is 6.86. The maximum Gasteiger partial charge on any atom is 0.338 e. The van der Waals surface area contributed by atoms with Crippen molar-refractivity contribution in [3.63, 3.8) is 0 Å². The summed E-state index contributed by atoms with van der Waals surface area (Å²) in [7, 11) is 1.54. The van der Waals surface area contributed by atoms with Crippen LogP contribution in [0.3, 0.4) is 0 Å². The van der Waals surface area contributed by atoms with Crippen LogP contribution in [0.1, 0.15) is 27.8 Å². The third kappa shape index (κ3) is 2.18. The summed E-state index contributed by atoms with van der Waals surface area (Å²) in [5.41, 5.74) is 1.80. The third-order valence-electron chi connectivity index (χ3n) is 3.33. The fraction of sp³-hybridized carbons (Fsp3) is 0.188. The number of furan rings is 1. The van der Waals surface area contributed by atoms with E-state index in [0.717, 1.165) is 0 Å². The lowest BCUT2D eigenvalue weighted by Gasteiger charge is -2.02. The number of nitrogens with one attached hydrogen (secondary N) is 1. The van der Waals surface area contributed by atoms with Crippen molar-refractivity contribution >= 4 is 33.8 Å². The van der Waals surface area contributed by atoms with Gasteiger partial charge in [0.05, 0.1) is 17.6 Å². The number of rotatable bonds is 3. The molecule has 6 heteroatoms. The molecule has 1 amide bonds. The number of aromatic nitrogens is 1. The molecule has 0 atom stereocenters. The highest BCUT2D eigenvalue weighted by Gasteiger charge is 2.18. The van der Waals surface area contributed by atoms with Gasteiger partial charge < -0.3 is 14.5 Å². The molecular weight excluding hydrogens is 284 g/mol. The Morgan fingerprint density at radius 1 is 1.27 bits per heavy atom. The van der Waals surface area contributed by atoms with E-state index < -0.39 is 5.97 Å². The van der Waals surface area contributed by atoms with Crippen LogP contribution < -0.4 is 5.32 Å². The lowest BCUT2D eigenvalue weighted by Crippen LogP contribution is -2.19. The summed E-state index contributed by atoms with van der Waals surface area (Å²) in [6.45, 7) is 2.05. The van der Waals surface area contributed by atoms with Gasteiger partial charge in [-0.15, -0.1) is 0 Å². The van der Waals surface area contributed by atoms with Gasteiger partial charge in [-0.3, -0.25) is 9.78 Å². The number of amides is 1. The van der Waals surface area contributed by atoms with Crippen LogP contribution in [0.2, 0.25) is 0 Å². The number of hydrogen-bond acceptors (Lipinski definition) is 5. The molecule has 0 aliphatic heterocycles. The number of carbonyl (C=O) groups excluding carboxylic acids is 2. The number of pyridine rings is 1. The minimum absolute atomic E-state index is 0.264. The Morgan fingerprint density at radius 2 is 2.09 bits per heavy atom. The number of esters is 1.